The van der Waals surface area contributed by atoms with Crippen LogP contribution in [0.2, 0.25) is 4.34 Å². The number of urea groups is 1. The molecule has 0 spiro atoms. The number of halogens is 1. The molecule has 2 N–H and O–H groups in total. The highest BCUT2D eigenvalue weighted by molar-refractivity contribution is 7.16. The summed E-state index contributed by atoms with van der Waals surface area (Å²) < 4.78 is 0.868. The second-order valence-electron chi connectivity index (χ2n) is 4.60. The first-order valence-corrected chi connectivity index (χ1v) is 7.24. The molecule has 1 heterocycles. The lowest BCUT2D eigenvalue weighted by molar-refractivity contribution is 0.217. The number of amides is 2. The Balaban J connectivity index is 1.74. The van der Waals surface area contributed by atoms with Crippen molar-refractivity contribution in [3.05, 3.63) is 20.8 Å². The molecular weight excluding hydrogens is 270 g/mol. The molecule has 1 aliphatic carbocycles. The molecule has 1 unspecified atom stereocenters. The Morgan fingerprint density at radius 3 is 3.06 bits per heavy atom. The summed E-state index contributed by atoms with van der Waals surface area (Å²) in [5.41, 5.74) is 1.34. The first-order valence-electron chi connectivity index (χ1n) is 6.04. The number of nitrogens with zero attached hydrogens (tertiary/aromatic N) is 1. The fourth-order valence-corrected chi connectivity index (χ4v) is 3.47. The lowest BCUT2D eigenvalue weighted by Crippen LogP contribution is -2.38. The zero-order chi connectivity index (χ0) is 13.1. The summed E-state index contributed by atoms with van der Waals surface area (Å²) in [6.45, 7) is 1.41. The zero-order valence-corrected chi connectivity index (χ0v) is 12.2. The van der Waals surface area contributed by atoms with Gasteiger partial charge in [-0.3, -0.25) is 0 Å². The van der Waals surface area contributed by atoms with E-state index in [-0.39, 0.29) is 6.03 Å². The molecule has 2 rings (SSSR count). The number of carbonyl (C=O) groups is 1. The van der Waals surface area contributed by atoms with E-state index in [1.807, 2.05) is 0 Å². The third-order valence-electron chi connectivity index (χ3n) is 3.05. The number of hydrogen-bond acceptors (Lipinski definition) is 3. The van der Waals surface area contributed by atoms with E-state index in [1.54, 1.807) is 25.4 Å². The maximum absolute atomic E-state index is 11.3. The van der Waals surface area contributed by atoms with Gasteiger partial charge >= 0.3 is 6.03 Å². The summed E-state index contributed by atoms with van der Waals surface area (Å²) in [4.78, 5) is 14.2. The zero-order valence-electron chi connectivity index (χ0n) is 10.6. The quantitative estimate of drug-likeness (QED) is 0.834. The monoisotopic (exact) mass is 287 g/mol. The Bertz CT molecular complexity index is 433. The van der Waals surface area contributed by atoms with Gasteiger partial charge in [-0.15, -0.1) is 11.3 Å². The maximum atomic E-state index is 11.3. The van der Waals surface area contributed by atoms with Gasteiger partial charge in [0, 0.05) is 38.1 Å². The van der Waals surface area contributed by atoms with Crippen LogP contribution in [0.5, 0.6) is 0 Å². The van der Waals surface area contributed by atoms with Crippen molar-refractivity contribution in [2.75, 3.05) is 27.2 Å². The van der Waals surface area contributed by atoms with Gasteiger partial charge in [-0.05, 0) is 24.5 Å². The van der Waals surface area contributed by atoms with Crippen LogP contribution in [0.15, 0.2) is 6.07 Å². The van der Waals surface area contributed by atoms with Gasteiger partial charge in [0.25, 0.3) is 0 Å². The molecule has 1 atom stereocenters. The number of thiophene rings is 1. The first-order chi connectivity index (χ1) is 8.58. The Morgan fingerprint density at radius 2 is 2.33 bits per heavy atom. The fraction of sp³-hybridized carbons (Fsp3) is 0.583. The Kier molecular flexibility index (Phi) is 4.48. The molecule has 18 heavy (non-hydrogen) atoms. The van der Waals surface area contributed by atoms with Gasteiger partial charge in [0.2, 0.25) is 0 Å². The molecule has 0 saturated carbocycles. The third-order valence-corrected chi connectivity index (χ3v) is 4.38. The Morgan fingerprint density at radius 1 is 1.56 bits per heavy atom. The van der Waals surface area contributed by atoms with E-state index in [0.29, 0.717) is 12.6 Å². The number of fused-ring (bicyclic) bond motifs is 1. The van der Waals surface area contributed by atoms with Crippen molar-refractivity contribution in [3.63, 3.8) is 0 Å². The van der Waals surface area contributed by atoms with Crippen molar-refractivity contribution in [3.8, 4) is 0 Å². The van der Waals surface area contributed by atoms with Crippen LogP contribution in [-0.2, 0) is 6.42 Å². The van der Waals surface area contributed by atoms with Gasteiger partial charge in [0.05, 0.1) is 4.34 Å². The Hall–Kier alpha value is -0.780. The van der Waals surface area contributed by atoms with Crippen molar-refractivity contribution in [2.45, 2.75) is 18.9 Å². The molecule has 1 aliphatic rings. The van der Waals surface area contributed by atoms with Crippen molar-refractivity contribution >= 4 is 29.0 Å². The fourth-order valence-electron chi connectivity index (χ4n) is 2.12. The Labute approximate surface area is 116 Å². The summed E-state index contributed by atoms with van der Waals surface area (Å²) in [6.07, 6.45) is 2.23. The molecule has 0 saturated heterocycles. The van der Waals surface area contributed by atoms with E-state index < -0.39 is 0 Å². The minimum Gasteiger partial charge on any atom is -0.337 e. The molecule has 6 heteroatoms. The van der Waals surface area contributed by atoms with Crippen molar-refractivity contribution in [1.29, 1.82) is 0 Å². The molecule has 1 aromatic rings. The van der Waals surface area contributed by atoms with E-state index in [2.05, 4.69) is 16.7 Å². The van der Waals surface area contributed by atoms with Crippen molar-refractivity contribution < 1.29 is 4.79 Å². The largest absolute Gasteiger partial charge is 0.337 e. The molecular formula is C12H18ClN3OS. The predicted octanol–water partition coefficient (Wildman–Crippen LogP) is 2.25. The SMILES string of the molecule is CN(C)C(=O)NCCNC1CCc2sc(Cl)cc21. The number of hydrogen-bond donors (Lipinski definition) is 2. The van der Waals surface area contributed by atoms with Crippen LogP contribution in [0.1, 0.15) is 22.9 Å². The number of carbonyl (C=O) groups excluding carboxylic acids is 1. The second kappa shape index (κ2) is 5.91. The smallest absolute Gasteiger partial charge is 0.316 e. The maximum Gasteiger partial charge on any atom is 0.316 e. The number of nitrogens with one attached hydrogen (secondary N) is 2. The summed E-state index contributed by atoms with van der Waals surface area (Å²) in [5.74, 6) is 0. The van der Waals surface area contributed by atoms with Gasteiger partial charge in [0.1, 0.15) is 0 Å². The van der Waals surface area contributed by atoms with E-state index in [9.17, 15) is 4.79 Å². The van der Waals surface area contributed by atoms with Crippen molar-refractivity contribution in [2.24, 2.45) is 0 Å². The van der Waals surface area contributed by atoms with Gasteiger partial charge in [-0.25, -0.2) is 4.79 Å². The summed E-state index contributed by atoms with van der Waals surface area (Å²) >= 11 is 7.69. The van der Waals surface area contributed by atoms with Crippen LogP contribution >= 0.6 is 22.9 Å². The highest BCUT2D eigenvalue weighted by atomic mass is 35.5. The molecule has 2 amide bonds. The number of aryl methyl sites for hydroxylation is 1. The van der Waals surface area contributed by atoms with E-state index in [0.717, 1.165) is 23.7 Å². The molecule has 4 nitrogen and oxygen atoms in total. The molecule has 100 valence electrons. The van der Waals surface area contributed by atoms with Crippen LogP contribution in [0.4, 0.5) is 4.79 Å². The first kappa shape index (κ1) is 13.6. The second-order valence-corrected chi connectivity index (χ2v) is 6.37. The average Bonchev–Trinajstić information content (AvgIpc) is 2.84. The summed E-state index contributed by atoms with van der Waals surface area (Å²) in [5, 5.41) is 6.30. The van der Waals surface area contributed by atoms with Crippen molar-refractivity contribution in [1.82, 2.24) is 15.5 Å². The lowest BCUT2D eigenvalue weighted by Gasteiger charge is -2.15. The van der Waals surface area contributed by atoms with Crippen LogP contribution in [-0.4, -0.2) is 38.1 Å². The third kappa shape index (κ3) is 3.16. The van der Waals surface area contributed by atoms with Gasteiger partial charge in [0.15, 0.2) is 0 Å². The minimum atomic E-state index is -0.0533. The molecule has 0 aromatic carbocycles. The van der Waals surface area contributed by atoms with Crippen LogP contribution in [0, 0.1) is 0 Å². The van der Waals surface area contributed by atoms with Gasteiger partial charge in [-0.2, -0.15) is 0 Å². The standard InChI is InChI=1S/C12H18ClN3OS/c1-16(2)12(17)15-6-5-14-9-3-4-10-8(9)7-11(13)18-10/h7,9,14H,3-6H2,1-2H3,(H,15,17). The highest BCUT2D eigenvalue weighted by Crippen LogP contribution is 2.39. The molecule has 0 bridgehead atoms. The molecule has 0 fully saturated rings. The van der Waals surface area contributed by atoms with E-state index in [1.165, 1.54) is 15.3 Å². The number of rotatable bonds is 4. The molecule has 0 radical (unpaired) electrons. The topological polar surface area (TPSA) is 44.4 Å². The van der Waals surface area contributed by atoms with E-state index in [4.69, 9.17) is 11.6 Å². The average molecular weight is 288 g/mol. The van der Waals surface area contributed by atoms with Gasteiger partial charge in [-0.1, -0.05) is 11.6 Å². The van der Waals surface area contributed by atoms with Gasteiger partial charge < -0.3 is 15.5 Å². The highest BCUT2D eigenvalue weighted by Gasteiger charge is 2.24. The normalized spacial score (nSPS) is 17.6. The summed E-state index contributed by atoms with van der Waals surface area (Å²) in [6, 6.07) is 2.40. The van der Waals surface area contributed by atoms with Crippen LogP contribution in [0.3, 0.4) is 0 Å². The van der Waals surface area contributed by atoms with E-state index >= 15 is 0 Å². The lowest BCUT2D eigenvalue weighted by atomic mass is 10.2. The summed E-state index contributed by atoms with van der Waals surface area (Å²) in [7, 11) is 3.47. The van der Waals surface area contributed by atoms with Crippen LogP contribution < -0.4 is 10.6 Å². The molecule has 1 aromatic heterocycles. The minimum absolute atomic E-state index is 0.0533. The molecule has 0 aliphatic heterocycles. The van der Waals surface area contributed by atoms with Crippen LogP contribution in [0.25, 0.3) is 0 Å². The predicted molar refractivity (Wildman–Crippen MR) is 75.5 cm³/mol.